The van der Waals surface area contributed by atoms with Crippen molar-refractivity contribution in [2.45, 2.75) is 6.42 Å². The molecule has 0 bridgehead atoms. The van der Waals surface area contributed by atoms with Gasteiger partial charge in [0.05, 0.1) is 5.57 Å². The maximum Gasteiger partial charge on any atom is 0.252 e. The van der Waals surface area contributed by atoms with Crippen LogP contribution in [0.1, 0.15) is 5.56 Å². The van der Waals surface area contributed by atoms with E-state index in [9.17, 15) is 4.79 Å². The van der Waals surface area contributed by atoms with E-state index in [2.05, 4.69) is 15.5 Å². The molecule has 1 aliphatic heterocycles. The van der Waals surface area contributed by atoms with Crippen LogP contribution in [0.15, 0.2) is 35.9 Å². The zero-order valence-electron chi connectivity index (χ0n) is 13.6. The summed E-state index contributed by atoms with van der Waals surface area (Å²) in [5.41, 5.74) is 7.13. The second kappa shape index (κ2) is 8.95. The summed E-state index contributed by atoms with van der Waals surface area (Å²) in [6, 6.07) is 7.79. The molecule has 24 heavy (non-hydrogen) atoms. The highest BCUT2D eigenvalue weighted by Gasteiger charge is 2.11. The van der Waals surface area contributed by atoms with Crippen molar-refractivity contribution >= 4 is 23.6 Å². The van der Waals surface area contributed by atoms with Gasteiger partial charge >= 0.3 is 0 Å². The van der Waals surface area contributed by atoms with Gasteiger partial charge in [-0.15, -0.1) is 0 Å². The van der Waals surface area contributed by atoms with Crippen molar-refractivity contribution < 1.29 is 4.79 Å². The maximum atomic E-state index is 11.3. The van der Waals surface area contributed by atoms with Crippen molar-refractivity contribution in [2.75, 3.05) is 38.0 Å². The largest absolute Gasteiger partial charge is 0.365 e. The minimum absolute atomic E-state index is 0.0206. The number of piperazine rings is 1. The van der Waals surface area contributed by atoms with Crippen LogP contribution in [0.5, 0.6) is 0 Å². The normalized spacial score (nSPS) is 15.8. The number of hydrogen-bond donors (Lipinski definition) is 5. The molecule has 0 radical (unpaired) electrons. The number of rotatable bonds is 7. The molecular weight excluding hydrogens is 304 g/mol. The van der Waals surface area contributed by atoms with Crippen molar-refractivity contribution in [2.24, 2.45) is 5.73 Å². The molecule has 1 saturated heterocycles. The van der Waals surface area contributed by atoms with Crippen molar-refractivity contribution in [3.8, 4) is 0 Å². The van der Waals surface area contributed by atoms with Gasteiger partial charge in [0.15, 0.2) is 0 Å². The molecular formula is C17H24N6O. The molecule has 1 fully saturated rings. The molecule has 1 aromatic carbocycles. The summed E-state index contributed by atoms with van der Waals surface area (Å²) in [7, 11) is 0. The molecule has 128 valence electrons. The van der Waals surface area contributed by atoms with Gasteiger partial charge in [0.2, 0.25) is 0 Å². The van der Waals surface area contributed by atoms with Crippen LogP contribution in [0.25, 0.3) is 0 Å². The Morgan fingerprint density at radius 2 is 1.96 bits per heavy atom. The van der Waals surface area contributed by atoms with E-state index in [0.717, 1.165) is 45.4 Å². The minimum atomic E-state index is -0.733. The summed E-state index contributed by atoms with van der Waals surface area (Å²) >= 11 is 0. The smallest absolute Gasteiger partial charge is 0.252 e. The van der Waals surface area contributed by atoms with Gasteiger partial charge in [-0.2, -0.15) is 0 Å². The molecule has 7 nitrogen and oxygen atoms in total. The van der Waals surface area contributed by atoms with Crippen LogP contribution in [-0.4, -0.2) is 55.6 Å². The number of nitrogens with zero attached hydrogens (tertiary/aromatic N) is 1. The molecule has 2 rings (SSSR count). The highest BCUT2D eigenvalue weighted by atomic mass is 16.1. The quantitative estimate of drug-likeness (QED) is 0.286. The average Bonchev–Trinajstić information content (AvgIpc) is 2.59. The van der Waals surface area contributed by atoms with Crippen LogP contribution in [0.4, 0.5) is 5.69 Å². The number of amidine groups is 1. The van der Waals surface area contributed by atoms with Crippen molar-refractivity contribution in [1.29, 1.82) is 10.8 Å². The number of nitrogens with two attached hydrogens (primary N) is 1. The van der Waals surface area contributed by atoms with Crippen LogP contribution in [-0.2, 0) is 11.2 Å². The van der Waals surface area contributed by atoms with Crippen LogP contribution in [0.3, 0.4) is 0 Å². The second-order valence-corrected chi connectivity index (χ2v) is 5.65. The lowest BCUT2D eigenvalue weighted by atomic mass is 10.1. The number of anilines is 1. The first-order valence-corrected chi connectivity index (χ1v) is 7.98. The summed E-state index contributed by atoms with van der Waals surface area (Å²) in [4.78, 5) is 13.7. The van der Waals surface area contributed by atoms with Gasteiger partial charge < -0.3 is 26.7 Å². The van der Waals surface area contributed by atoms with E-state index in [1.54, 1.807) is 0 Å². The fraction of sp³-hybridized carbons (Fsp3) is 0.353. The molecule has 1 aromatic rings. The molecule has 0 unspecified atom stereocenters. The third kappa shape index (κ3) is 5.29. The average molecular weight is 328 g/mol. The lowest BCUT2D eigenvalue weighted by molar-refractivity contribution is -0.114. The Hall–Kier alpha value is -2.51. The number of carbonyl (C=O) groups is 1. The number of allylic oxidation sites excluding steroid dienone is 1. The van der Waals surface area contributed by atoms with Gasteiger partial charge in [-0.25, -0.2) is 0 Å². The van der Waals surface area contributed by atoms with Gasteiger partial charge in [-0.05, 0) is 30.2 Å². The summed E-state index contributed by atoms with van der Waals surface area (Å²) in [6.07, 6.45) is 3.13. The summed E-state index contributed by atoms with van der Waals surface area (Å²) in [5, 5.41) is 21.1. The molecule has 6 N–H and O–H groups in total. The first-order chi connectivity index (χ1) is 11.6. The molecule has 7 heteroatoms. The Morgan fingerprint density at radius 1 is 1.29 bits per heavy atom. The molecule has 1 heterocycles. The lowest BCUT2D eigenvalue weighted by Crippen LogP contribution is -2.44. The van der Waals surface area contributed by atoms with E-state index in [1.807, 2.05) is 24.3 Å². The fourth-order valence-corrected chi connectivity index (χ4v) is 2.56. The third-order valence-electron chi connectivity index (χ3n) is 3.93. The molecule has 0 saturated carbocycles. The Labute approximate surface area is 141 Å². The van der Waals surface area contributed by atoms with Crippen molar-refractivity contribution in [3.05, 3.63) is 41.5 Å². The fourth-order valence-electron chi connectivity index (χ4n) is 2.56. The van der Waals surface area contributed by atoms with Crippen LogP contribution < -0.4 is 16.4 Å². The number of nitrogens with one attached hydrogen (secondary N) is 4. The Bertz CT molecular complexity index is 616. The second-order valence-electron chi connectivity index (χ2n) is 5.65. The molecule has 0 atom stereocenters. The number of primary amides is 1. The van der Waals surface area contributed by atoms with Gasteiger partial charge in [-0.3, -0.25) is 10.2 Å². The lowest BCUT2D eigenvalue weighted by Gasteiger charge is -2.27. The van der Waals surface area contributed by atoms with Gasteiger partial charge in [-0.1, -0.05) is 12.1 Å². The van der Waals surface area contributed by atoms with E-state index in [-0.39, 0.29) is 11.4 Å². The first kappa shape index (κ1) is 17.8. The molecule has 1 aliphatic rings. The molecule has 0 aliphatic carbocycles. The Balaban J connectivity index is 1.89. The summed E-state index contributed by atoms with van der Waals surface area (Å²) < 4.78 is 0. The van der Waals surface area contributed by atoms with Crippen molar-refractivity contribution in [1.82, 2.24) is 10.2 Å². The summed E-state index contributed by atoms with van der Waals surface area (Å²) in [5.74, 6) is -0.844. The predicted octanol–water partition coefficient (Wildman–Crippen LogP) is 0.585. The highest BCUT2D eigenvalue weighted by molar-refractivity contribution is 6.24. The zero-order chi connectivity index (χ0) is 17.4. The monoisotopic (exact) mass is 328 g/mol. The van der Waals surface area contributed by atoms with E-state index in [4.69, 9.17) is 16.6 Å². The number of benzene rings is 1. The van der Waals surface area contributed by atoms with Gasteiger partial charge in [0, 0.05) is 44.6 Å². The van der Waals surface area contributed by atoms with E-state index < -0.39 is 5.91 Å². The van der Waals surface area contributed by atoms with Crippen molar-refractivity contribution in [3.63, 3.8) is 0 Å². The van der Waals surface area contributed by atoms with E-state index in [0.29, 0.717) is 5.69 Å². The standard InChI is InChI=1S/C17H24N6O/c18-7-5-15(17(20)24)16(19)22-14-3-1-13(2-4-14)6-10-23-11-8-21-9-12-23/h1-5,7,18,21H,6,8-12H2,(H2,19,22)(H2,20,24)/b15-5-,18-7?. The molecule has 0 aromatic heterocycles. The van der Waals surface area contributed by atoms with Crippen LogP contribution in [0, 0.1) is 10.8 Å². The third-order valence-corrected chi connectivity index (χ3v) is 3.93. The Kier molecular flexibility index (Phi) is 6.65. The van der Waals surface area contributed by atoms with Gasteiger partial charge in [0.25, 0.3) is 5.91 Å². The topological polar surface area (TPSA) is 118 Å². The number of carbonyl (C=O) groups excluding carboxylic acids is 1. The van der Waals surface area contributed by atoms with Crippen LogP contribution in [0.2, 0.25) is 0 Å². The number of hydrogen-bond acceptors (Lipinski definition) is 5. The first-order valence-electron chi connectivity index (χ1n) is 7.98. The number of amides is 1. The molecule has 0 spiro atoms. The van der Waals surface area contributed by atoms with E-state index >= 15 is 0 Å². The summed E-state index contributed by atoms with van der Waals surface area (Å²) in [6.45, 7) is 5.32. The minimum Gasteiger partial charge on any atom is -0.365 e. The van der Waals surface area contributed by atoms with Gasteiger partial charge in [0.1, 0.15) is 5.84 Å². The predicted molar refractivity (Wildman–Crippen MR) is 96.9 cm³/mol. The Morgan fingerprint density at radius 3 is 2.54 bits per heavy atom. The maximum absolute atomic E-state index is 11.3. The van der Waals surface area contributed by atoms with E-state index in [1.165, 1.54) is 11.6 Å². The highest BCUT2D eigenvalue weighted by Crippen LogP contribution is 2.12. The van der Waals surface area contributed by atoms with Crippen LogP contribution >= 0.6 is 0 Å². The zero-order valence-corrected chi connectivity index (χ0v) is 13.6. The SMILES string of the molecule is N=C/C=C(/C(=N)Nc1ccc(CCN2CCNCC2)cc1)C(N)=O. The molecule has 1 amide bonds.